The quantitative estimate of drug-likeness (QED) is 0.780. The van der Waals surface area contributed by atoms with Crippen LogP contribution < -0.4 is 5.01 Å². The van der Waals surface area contributed by atoms with Crippen molar-refractivity contribution in [3.63, 3.8) is 0 Å². The molecule has 2 heterocycles. The van der Waals surface area contributed by atoms with Gasteiger partial charge in [0.05, 0.1) is 5.69 Å². The first-order valence-electron chi connectivity index (χ1n) is 7.49. The summed E-state index contributed by atoms with van der Waals surface area (Å²) < 4.78 is 2.37. The zero-order valence-corrected chi connectivity index (χ0v) is 13.1. The second kappa shape index (κ2) is 7.11. The molecule has 0 atom stereocenters. The minimum Gasteiger partial charge on any atom is -0.296 e. The lowest BCUT2D eigenvalue weighted by Crippen LogP contribution is -2.42. The molecule has 0 N–H and O–H groups in total. The highest BCUT2D eigenvalue weighted by Gasteiger charge is 2.16. The number of benzene rings is 1. The molecule has 2 aliphatic rings. The van der Waals surface area contributed by atoms with Gasteiger partial charge in [-0.2, -0.15) is 5.10 Å². The van der Waals surface area contributed by atoms with E-state index in [9.17, 15) is 0 Å². The minimum atomic E-state index is 1.00. The van der Waals surface area contributed by atoms with Crippen LogP contribution in [-0.4, -0.2) is 48.1 Å². The molecule has 5 heteroatoms. The van der Waals surface area contributed by atoms with Gasteiger partial charge in [-0.25, -0.2) is 4.31 Å². The zero-order chi connectivity index (χ0) is 14.5. The van der Waals surface area contributed by atoms with E-state index in [-0.39, 0.29) is 0 Å². The maximum Gasteiger partial charge on any atom is 0.0594 e. The Morgan fingerprint density at radius 1 is 1.10 bits per heavy atom. The molecule has 4 nitrogen and oxygen atoms in total. The van der Waals surface area contributed by atoms with Crippen LogP contribution in [0.25, 0.3) is 0 Å². The summed E-state index contributed by atoms with van der Waals surface area (Å²) in [4.78, 5) is 2.52. The van der Waals surface area contributed by atoms with E-state index in [1.54, 1.807) is 11.9 Å². The van der Waals surface area contributed by atoms with Crippen molar-refractivity contribution >= 4 is 23.8 Å². The molecular formula is C16H22N4S. The molecule has 0 bridgehead atoms. The monoisotopic (exact) mass is 302 g/mol. The third kappa shape index (κ3) is 3.87. The van der Waals surface area contributed by atoms with Crippen LogP contribution in [0.3, 0.4) is 0 Å². The number of nitrogens with zero attached hydrogens (tertiary/aromatic N) is 4. The van der Waals surface area contributed by atoms with Gasteiger partial charge < -0.3 is 0 Å². The summed E-state index contributed by atoms with van der Waals surface area (Å²) in [5.74, 6) is 0. The Bertz CT molecular complexity index is 492. The van der Waals surface area contributed by atoms with Crippen molar-refractivity contribution in [3.8, 4) is 0 Å². The molecule has 0 aromatic heterocycles. The highest BCUT2D eigenvalue weighted by Crippen LogP contribution is 2.20. The highest BCUT2D eigenvalue weighted by atomic mass is 32.2. The second-order valence-electron chi connectivity index (χ2n) is 5.35. The molecule has 2 aliphatic heterocycles. The van der Waals surface area contributed by atoms with Gasteiger partial charge in [0.1, 0.15) is 0 Å². The average molecular weight is 302 g/mol. The van der Waals surface area contributed by atoms with Crippen molar-refractivity contribution in [2.75, 3.05) is 37.7 Å². The van der Waals surface area contributed by atoms with Gasteiger partial charge in [-0.3, -0.25) is 9.91 Å². The van der Waals surface area contributed by atoms with E-state index < -0.39 is 0 Å². The number of piperazine rings is 1. The SMILES string of the molecule is C=CSN1CCN(Cc2ccc(N3CCC=N3)cc2)CC1. The molecule has 3 rings (SSSR count). The lowest BCUT2D eigenvalue weighted by molar-refractivity contribution is 0.190. The van der Waals surface area contributed by atoms with Crippen LogP contribution >= 0.6 is 11.9 Å². The molecular weight excluding hydrogens is 280 g/mol. The largest absolute Gasteiger partial charge is 0.296 e. The Labute approximate surface area is 131 Å². The fourth-order valence-electron chi connectivity index (χ4n) is 2.72. The van der Waals surface area contributed by atoms with Gasteiger partial charge in [-0.1, -0.05) is 30.7 Å². The van der Waals surface area contributed by atoms with Crippen LogP contribution in [0.2, 0.25) is 0 Å². The summed E-state index contributed by atoms with van der Waals surface area (Å²) in [6, 6.07) is 8.83. The number of hydrazone groups is 1. The summed E-state index contributed by atoms with van der Waals surface area (Å²) in [6.45, 7) is 10.3. The van der Waals surface area contributed by atoms with Crippen LogP contribution in [0.1, 0.15) is 12.0 Å². The predicted molar refractivity (Wildman–Crippen MR) is 91.5 cm³/mol. The summed E-state index contributed by atoms with van der Waals surface area (Å²) in [5, 5.41) is 8.34. The summed E-state index contributed by atoms with van der Waals surface area (Å²) >= 11 is 1.73. The first-order valence-corrected chi connectivity index (χ1v) is 8.33. The predicted octanol–water partition coefficient (Wildman–Crippen LogP) is 2.79. The van der Waals surface area contributed by atoms with E-state index >= 15 is 0 Å². The molecule has 112 valence electrons. The van der Waals surface area contributed by atoms with E-state index in [0.29, 0.717) is 0 Å². The van der Waals surface area contributed by atoms with Gasteiger partial charge >= 0.3 is 0 Å². The molecule has 0 unspecified atom stereocenters. The van der Waals surface area contributed by atoms with E-state index in [1.165, 1.54) is 11.3 Å². The number of hydrogen-bond donors (Lipinski definition) is 0. The van der Waals surface area contributed by atoms with Crippen molar-refractivity contribution in [3.05, 3.63) is 41.8 Å². The van der Waals surface area contributed by atoms with Crippen LogP contribution in [0, 0.1) is 0 Å². The van der Waals surface area contributed by atoms with Crippen LogP contribution in [-0.2, 0) is 6.54 Å². The standard InChI is InChI=1S/C16H22N4S/c1-2-21-19-12-10-18(11-13-19)14-15-4-6-16(7-5-15)20-9-3-8-17-20/h2,4-8H,1,3,9-14H2. The molecule has 1 aromatic carbocycles. The van der Waals surface area contributed by atoms with E-state index in [4.69, 9.17) is 0 Å². The van der Waals surface area contributed by atoms with Gasteiger partial charge in [0, 0.05) is 51.9 Å². The van der Waals surface area contributed by atoms with Gasteiger partial charge in [-0.15, -0.1) is 0 Å². The first kappa shape index (κ1) is 14.6. The maximum absolute atomic E-state index is 4.36. The highest BCUT2D eigenvalue weighted by molar-refractivity contribution is 7.99. The van der Waals surface area contributed by atoms with Crippen LogP contribution in [0.15, 0.2) is 41.4 Å². The van der Waals surface area contributed by atoms with Crippen LogP contribution in [0.5, 0.6) is 0 Å². The summed E-state index contributed by atoms with van der Waals surface area (Å²) in [6.07, 6.45) is 3.03. The van der Waals surface area contributed by atoms with E-state index in [1.807, 2.05) is 11.6 Å². The van der Waals surface area contributed by atoms with Crippen molar-refractivity contribution in [1.29, 1.82) is 0 Å². The lowest BCUT2D eigenvalue weighted by atomic mass is 10.2. The summed E-state index contributed by atoms with van der Waals surface area (Å²) in [7, 11) is 0. The smallest absolute Gasteiger partial charge is 0.0594 e. The van der Waals surface area contributed by atoms with Gasteiger partial charge in [0.2, 0.25) is 0 Å². The first-order chi connectivity index (χ1) is 10.3. The molecule has 0 saturated carbocycles. The number of hydrogen-bond acceptors (Lipinski definition) is 5. The zero-order valence-electron chi connectivity index (χ0n) is 12.3. The molecule has 1 saturated heterocycles. The minimum absolute atomic E-state index is 1.00. The molecule has 0 spiro atoms. The van der Waals surface area contributed by atoms with E-state index in [0.717, 1.165) is 45.7 Å². The van der Waals surface area contributed by atoms with Crippen molar-refractivity contribution in [1.82, 2.24) is 9.21 Å². The fourth-order valence-corrected chi connectivity index (χ4v) is 3.30. The van der Waals surface area contributed by atoms with Crippen molar-refractivity contribution in [2.45, 2.75) is 13.0 Å². The third-order valence-electron chi connectivity index (χ3n) is 3.89. The topological polar surface area (TPSA) is 22.1 Å². The Balaban J connectivity index is 1.51. The summed E-state index contributed by atoms with van der Waals surface area (Å²) in [5.41, 5.74) is 2.58. The van der Waals surface area contributed by atoms with E-state index in [2.05, 4.69) is 50.2 Å². The average Bonchev–Trinajstić information content (AvgIpc) is 3.05. The van der Waals surface area contributed by atoms with Gasteiger partial charge in [0.15, 0.2) is 0 Å². The van der Waals surface area contributed by atoms with Crippen molar-refractivity contribution in [2.24, 2.45) is 5.10 Å². The lowest BCUT2D eigenvalue weighted by Gasteiger charge is -2.33. The second-order valence-corrected chi connectivity index (χ2v) is 6.41. The molecule has 0 amide bonds. The van der Waals surface area contributed by atoms with Gasteiger partial charge in [0.25, 0.3) is 0 Å². The normalized spacial score (nSPS) is 20.1. The van der Waals surface area contributed by atoms with Crippen molar-refractivity contribution < 1.29 is 0 Å². The molecule has 0 aliphatic carbocycles. The molecule has 0 radical (unpaired) electrons. The third-order valence-corrected chi connectivity index (χ3v) is 4.70. The molecule has 1 fully saturated rings. The number of rotatable bonds is 5. The number of anilines is 1. The van der Waals surface area contributed by atoms with Crippen LogP contribution in [0.4, 0.5) is 5.69 Å². The fraction of sp³-hybridized carbons (Fsp3) is 0.438. The Morgan fingerprint density at radius 2 is 1.86 bits per heavy atom. The Morgan fingerprint density at radius 3 is 2.48 bits per heavy atom. The maximum atomic E-state index is 4.36. The Hall–Kier alpha value is -1.30. The molecule has 21 heavy (non-hydrogen) atoms. The Kier molecular flexibility index (Phi) is 4.95. The van der Waals surface area contributed by atoms with Gasteiger partial charge in [-0.05, 0) is 23.1 Å². The molecule has 1 aromatic rings.